The molecular formula is C15H19NO3S. The van der Waals surface area contributed by atoms with Gasteiger partial charge in [0, 0.05) is 7.05 Å². The Kier molecular flexibility index (Phi) is 3.32. The molecular weight excluding hydrogens is 274 g/mol. The molecule has 0 radical (unpaired) electrons. The summed E-state index contributed by atoms with van der Waals surface area (Å²) >= 11 is 0. The van der Waals surface area contributed by atoms with E-state index in [4.69, 9.17) is 0 Å². The van der Waals surface area contributed by atoms with Crippen LogP contribution in [0.4, 0.5) is 0 Å². The van der Waals surface area contributed by atoms with E-state index in [1.54, 1.807) is 11.9 Å². The number of sulfone groups is 1. The molecule has 2 aliphatic rings. The Morgan fingerprint density at radius 1 is 1.25 bits per heavy atom. The fourth-order valence-corrected chi connectivity index (χ4v) is 5.10. The number of hydrogen-bond donors (Lipinski definition) is 0. The highest BCUT2D eigenvalue weighted by Crippen LogP contribution is 2.36. The van der Waals surface area contributed by atoms with Crippen molar-refractivity contribution in [1.29, 1.82) is 0 Å². The van der Waals surface area contributed by atoms with Gasteiger partial charge in [0.05, 0.1) is 23.5 Å². The van der Waals surface area contributed by atoms with Crippen LogP contribution in [0, 0.1) is 5.92 Å². The summed E-state index contributed by atoms with van der Waals surface area (Å²) in [5.41, 5.74) is 2.51. The van der Waals surface area contributed by atoms with Crippen LogP contribution in [0.3, 0.4) is 0 Å². The van der Waals surface area contributed by atoms with Crippen molar-refractivity contribution in [3.8, 4) is 0 Å². The molecule has 0 bridgehead atoms. The van der Waals surface area contributed by atoms with E-state index in [0.29, 0.717) is 6.42 Å². The van der Waals surface area contributed by atoms with E-state index in [-0.39, 0.29) is 29.4 Å². The molecule has 3 rings (SSSR count). The standard InChI is InChI=1S/C15H19NO3S/c1-16(15(17)12-8-9-20(18,19)10-12)14-7-6-11-4-2-3-5-13(11)14/h2-5,12,14H,6-10H2,1H3/t12-,14+/m1/s1. The third-order valence-electron chi connectivity index (χ3n) is 4.50. The van der Waals surface area contributed by atoms with Crippen LogP contribution in [0.1, 0.15) is 30.0 Å². The maximum absolute atomic E-state index is 12.5. The number of carbonyl (C=O) groups is 1. The van der Waals surface area contributed by atoms with Gasteiger partial charge in [0.15, 0.2) is 9.84 Å². The summed E-state index contributed by atoms with van der Waals surface area (Å²) in [5, 5.41) is 0. The molecule has 0 unspecified atom stereocenters. The van der Waals surface area contributed by atoms with Crippen molar-refractivity contribution in [2.75, 3.05) is 18.6 Å². The van der Waals surface area contributed by atoms with Gasteiger partial charge in [-0.1, -0.05) is 24.3 Å². The Morgan fingerprint density at radius 3 is 2.70 bits per heavy atom. The summed E-state index contributed by atoms with van der Waals surface area (Å²) in [5.74, 6) is -0.200. The van der Waals surface area contributed by atoms with E-state index >= 15 is 0 Å². The smallest absolute Gasteiger partial charge is 0.226 e. The van der Waals surface area contributed by atoms with Crippen LogP contribution in [0.25, 0.3) is 0 Å². The van der Waals surface area contributed by atoms with Crippen molar-refractivity contribution < 1.29 is 13.2 Å². The molecule has 1 amide bonds. The molecule has 1 aliphatic carbocycles. The molecule has 1 aromatic carbocycles. The molecule has 2 atom stereocenters. The minimum absolute atomic E-state index is 0.0184. The Bertz CT molecular complexity index is 638. The first-order chi connectivity index (χ1) is 9.48. The average molecular weight is 293 g/mol. The molecule has 0 aromatic heterocycles. The first-order valence-corrected chi connectivity index (χ1v) is 8.85. The van der Waals surface area contributed by atoms with E-state index in [1.807, 2.05) is 12.1 Å². The number of benzene rings is 1. The number of nitrogens with zero attached hydrogens (tertiary/aromatic N) is 1. The van der Waals surface area contributed by atoms with Crippen LogP contribution in [-0.2, 0) is 21.1 Å². The normalized spacial score (nSPS) is 27.2. The van der Waals surface area contributed by atoms with Crippen molar-refractivity contribution in [3.05, 3.63) is 35.4 Å². The second-order valence-electron chi connectivity index (χ2n) is 5.80. The lowest BCUT2D eigenvalue weighted by Gasteiger charge is -2.27. The fourth-order valence-electron chi connectivity index (χ4n) is 3.37. The third kappa shape index (κ3) is 2.35. The zero-order valence-electron chi connectivity index (χ0n) is 11.6. The summed E-state index contributed by atoms with van der Waals surface area (Å²) in [4.78, 5) is 14.3. The number of hydrogen-bond acceptors (Lipinski definition) is 3. The number of aryl methyl sites for hydroxylation is 1. The van der Waals surface area contributed by atoms with Crippen molar-refractivity contribution in [1.82, 2.24) is 4.90 Å². The summed E-state index contributed by atoms with van der Waals surface area (Å²) in [6.07, 6.45) is 2.39. The van der Waals surface area contributed by atoms with Crippen LogP contribution < -0.4 is 0 Å². The fraction of sp³-hybridized carbons (Fsp3) is 0.533. The molecule has 1 fully saturated rings. The Morgan fingerprint density at radius 2 is 2.00 bits per heavy atom. The van der Waals surface area contributed by atoms with Gasteiger partial charge < -0.3 is 4.90 Å². The molecule has 1 aliphatic heterocycles. The van der Waals surface area contributed by atoms with Gasteiger partial charge >= 0.3 is 0 Å². The van der Waals surface area contributed by atoms with Gasteiger partial charge in [-0.05, 0) is 30.4 Å². The summed E-state index contributed by atoms with van der Waals surface area (Å²) in [6.45, 7) is 0. The van der Waals surface area contributed by atoms with Gasteiger partial charge in [-0.2, -0.15) is 0 Å². The van der Waals surface area contributed by atoms with Crippen molar-refractivity contribution in [3.63, 3.8) is 0 Å². The van der Waals surface area contributed by atoms with Crippen molar-refractivity contribution in [2.45, 2.75) is 25.3 Å². The highest BCUT2D eigenvalue weighted by molar-refractivity contribution is 7.91. The highest BCUT2D eigenvalue weighted by Gasteiger charge is 2.37. The van der Waals surface area contributed by atoms with E-state index in [9.17, 15) is 13.2 Å². The molecule has 1 heterocycles. The molecule has 0 spiro atoms. The second-order valence-corrected chi connectivity index (χ2v) is 8.03. The second kappa shape index (κ2) is 4.88. The van der Waals surface area contributed by atoms with Crippen LogP contribution in [-0.4, -0.2) is 37.8 Å². The lowest BCUT2D eigenvalue weighted by molar-refractivity contribution is -0.135. The summed E-state index contributed by atoms with van der Waals surface area (Å²) < 4.78 is 23.0. The first kappa shape index (κ1) is 13.6. The largest absolute Gasteiger partial charge is 0.338 e. The van der Waals surface area contributed by atoms with E-state index < -0.39 is 9.84 Å². The quantitative estimate of drug-likeness (QED) is 0.831. The SMILES string of the molecule is CN(C(=O)[C@@H]1CCS(=O)(=O)C1)[C@H]1CCc2ccccc21. The molecule has 5 heteroatoms. The average Bonchev–Trinajstić information content (AvgIpc) is 3.00. The highest BCUT2D eigenvalue weighted by atomic mass is 32.2. The topological polar surface area (TPSA) is 54.5 Å². The zero-order chi connectivity index (χ0) is 14.3. The Labute approximate surface area is 119 Å². The predicted octanol–water partition coefficient (Wildman–Crippen LogP) is 1.57. The maximum Gasteiger partial charge on any atom is 0.226 e. The van der Waals surface area contributed by atoms with Gasteiger partial charge in [0.1, 0.15) is 0 Å². The third-order valence-corrected chi connectivity index (χ3v) is 6.27. The minimum atomic E-state index is -3.01. The molecule has 1 aromatic rings. The van der Waals surface area contributed by atoms with Crippen LogP contribution in [0.5, 0.6) is 0 Å². The van der Waals surface area contributed by atoms with Gasteiger partial charge in [-0.3, -0.25) is 4.79 Å². The summed E-state index contributed by atoms with van der Waals surface area (Å²) in [6, 6.07) is 8.29. The van der Waals surface area contributed by atoms with Crippen molar-refractivity contribution >= 4 is 15.7 Å². The first-order valence-electron chi connectivity index (χ1n) is 7.03. The number of carbonyl (C=O) groups excluding carboxylic acids is 1. The number of amides is 1. The predicted molar refractivity (Wildman–Crippen MR) is 77.0 cm³/mol. The molecule has 0 saturated carbocycles. The van der Waals surface area contributed by atoms with Gasteiger partial charge in [0.25, 0.3) is 0 Å². The Hall–Kier alpha value is -1.36. The van der Waals surface area contributed by atoms with Gasteiger partial charge in [-0.25, -0.2) is 8.42 Å². The molecule has 0 N–H and O–H groups in total. The number of fused-ring (bicyclic) bond motifs is 1. The Balaban J connectivity index is 1.77. The monoisotopic (exact) mass is 293 g/mol. The van der Waals surface area contributed by atoms with E-state index in [0.717, 1.165) is 12.8 Å². The zero-order valence-corrected chi connectivity index (χ0v) is 12.4. The summed E-state index contributed by atoms with van der Waals surface area (Å²) in [7, 11) is -1.20. The van der Waals surface area contributed by atoms with Gasteiger partial charge in [-0.15, -0.1) is 0 Å². The van der Waals surface area contributed by atoms with Crippen molar-refractivity contribution in [2.24, 2.45) is 5.92 Å². The van der Waals surface area contributed by atoms with E-state index in [2.05, 4.69) is 12.1 Å². The van der Waals surface area contributed by atoms with Crippen LogP contribution in [0.15, 0.2) is 24.3 Å². The molecule has 1 saturated heterocycles. The minimum Gasteiger partial charge on any atom is -0.338 e. The van der Waals surface area contributed by atoms with Crippen LogP contribution >= 0.6 is 0 Å². The lowest BCUT2D eigenvalue weighted by atomic mass is 10.0. The van der Waals surface area contributed by atoms with Gasteiger partial charge in [0.2, 0.25) is 5.91 Å². The molecule has 108 valence electrons. The molecule has 20 heavy (non-hydrogen) atoms. The van der Waals surface area contributed by atoms with E-state index in [1.165, 1.54) is 11.1 Å². The maximum atomic E-state index is 12.5. The van der Waals surface area contributed by atoms with Crippen LogP contribution in [0.2, 0.25) is 0 Å². The molecule has 4 nitrogen and oxygen atoms in total. The number of rotatable bonds is 2. The lowest BCUT2D eigenvalue weighted by Crippen LogP contribution is -2.35.